The largest absolute Gasteiger partial charge is 0.480 e. The van der Waals surface area contributed by atoms with Crippen LogP contribution in [0.2, 0.25) is 0 Å². The zero-order valence-corrected chi connectivity index (χ0v) is 37.9. The zero-order chi connectivity index (χ0) is 43.2. The fourth-order valence-corrected chi connectivity index (χ4v) is 7.55. The lowest BCUT2D eigenvalue weighted by atomic mass is 10.1. The number of carbonyl (C=O) groups is 3. The lowest BCUT2D eigenvalue weighted by Crippen LogP contribution is -2.34. The molecule has 0 radical (unpaired) electrons. The number of allylic oxidation sites excluding steroid dienone is 3. The van der Waals surface area contributed by atoms with E-state index in [0.717, 1.165) is 57.8 Å². The van der Waals surface area contributed by atoms with E-state index in [4.69, 9.17) is 29.6 Å². The van der Waals surface area contributed by atoms with E-state index in [-0.39, 0.29) is 19.4 Å². The Hall–Kier alpha value is -2.08. The molecule has 1 fully saturated rings. The van der Waals surface area contributed by atoms with Crippen LogP contribution in [0.3, 0.4) is 0 Å². The van der Waals surface area contributed by atoms with Crippen molar-refractivity contribution >= 4 is 25.7 Å². The maximum Gasteiger partial charge on any atom is 0.472 e. The van der Waals surface area contributed by atoms with E-state index in [1.165, 1.54) is 109 Å². The highest BCUT2D eigenvalue weighted by atomic mass is 31.2. The van der Waals surface area contributed by atoms with Crippen molar-refractivity contribution in [2.24, 2.45) is 5.73 Å². The molecule has 1 rings (SSSR count). The third kappa shape index (κ3) is 35.2. The van der Waals surface area contributed by atoms with Gasteiger partial charge in [-0.1, -0.05) is 154 Å². The van der Waals surface area contributed by atoms with Gasteiger partial charge in [-0.15, -0.1) is 0 Å². The molecule has 0 aromatic rings. The quantitative estimate of drug-likeness (QED) is 0.0174. The summed E-state index contributed by atoms with van der Waals surface area (Å²) in [5.74, 6) is -2.40. The van der Waals surface area contributed by atoms with Gasteiger partial charge in [0.15, 0.2) is 6.10 Å². The van der Waals surface area contributed by atoms with E-state index in [0.29, 0.717) is 25.0 Å². The van der Waals surface area contributed by atoms with Crippen LogP contribution in [-0.4, -0.2) is 72.1 Å². The number of phosphoric ester groups is 1. The topological polar surface area (TPSA) is 184 Å². The fourth-order valence-electron chi connectivity index (χ4n) is 6.77. The van der Waals surface area contributed by atoms with Gasteiger partial charge in [0.05, 0.1) is 25.4 Å². The van der Waals surface area contributed by atoms with Crippen LogP contribution >= 0.6 is 7.82 Å². The molecule has 0 aromatic heterocycles. The van der Waals surface area contributed by atoms with Crippen molar-refractivity contribution in [3.05, 3.63) is 24.3 Å². The van der Waals surface area contributed by atoms with Gasteiger partial charge in [0, 0.05) is 12.8 Å². The maximum atomic E-state index is 12.7. The molecule has 3 unspecified atom stereocenters. The first kappa shape index (κ1) is 54.9. The van der Waals surface area contributed by atoms with Crippen molar-refractivity contribution in [2.45, 2.75) is 231 Å². The summed E-state index contributed by atoms with van der Waals surface area (Å²) in [5, 5.41) is 8.90. The number of phosphoric acid groups is 1. The van der Waals surface area contributed by atoms with Gasteiger partial charge in [-0.3, -0.25) is 23.4 Å². The number of unbranched alkanes of at least 4 members (excludes halogenated alkanes) is 22. The summed E-state index contributed by atoms with van der Waals surface area (Å²) in [6.45, 7) is 2.77. The Kier molecular flexibility index (Phi) is 35.1. The minimum Gasteiger partial charge on any atom is -0.480 e. The van der Waals surface area contributed by atoms with Gasteiger partial charge in [0.1, 0.15) is 12.6 Å². The Bertz CT molecular complexity index is 1170. The van der Waals surface area contributed by atoms with Crippen LogP contribution in [0.1, 0.15) is 206 Å². The number of hydrogen-bond acceptors (Lipinski definition) is 10. The van der Waals surface area contributed by atoms with Gasteiger partial charge in [-0.05, 0) is 64.2 Å². The molecule has 1 saturated heterocycles. The Labute approximate surface area is 357 Å². The van der Waals surface area contributed by atoms with Crippen LogP contribution in [0.4, 0.5) is 0 Å². The van der Waals surface area contributed by atoms with E-state index < -0.39 is 51.1 Å². The fraction of sp³-hybridized carbons (Fsp3) is 0.848. The molecule has 12 nitrogen and oxygen atoms in total. The molecule has 0 bridgehead atoms. The van der Waals surface area contributed by atoms with Gasteiger partial charge < -0.3 is 29.9 Å². The highest BCUT2D eigenvalue weighted by Crippen LogP contribution is 2.43. The molecule has 0 saturated carbocycles. The molecule has 0 aromatic carbocycles. The Morgan fingerprint density at radius 3 is 1.61 bits per heavy atom. The normalized spacial score (nSPS) is 17.3. The Balaban J connectivity index is 2.24. The average Bonchev–Trinajstić information content (AvgIpc) is 3.97. The number of epoxide rings is 1. The number of carboxylic acids is 1. The van der Waals surface area contributed by atoms with Crippen LogP contribution in [0, 0.1) is 0 Å². The van der Waals surface area contributed by atoms with Gasteiger partial charge >= 0.3 is 25.7 Å². The summed E-state index contributed by atoms with van der Waals surface area (Å²) in [7, 11) is -4.72. The molecule has 0 spiro atoms. The maximum absolute atomic E-state index is 12.7. The lowest BCUT2D eigenvalue weighted by molar-refractivity contribution is -0.161. The van der Waals surface area contributed by atoms with Crippen molar-refractivity contribution in [2.75, 3.05) is 19.8 Å². The van der Waals surface area contributed by atoms with Crippen molar-refractivity contribution in [1.29, 1.82) is 0 Å². The van der Waals surface area contributed by atoms with Crippen molar-refractivity contribution in [1.82, 2.24) is 0 Å². The van der Waals surface area contributed by atoms with Crippen LogP contribution < -0.4 is 5.73 Å². The SMILES string of the molecule is CCCCCCCC/C=C\CCCCCCCCCCCC(=O)O[C@H](COC(=O)CCCCCCC/C=C\CC1OC1CCCCC)COP(=O)(O)OC[C@H](N)C(=O)O. The number of hydrogen-bond donors (Lipinski definition) is 3. The predicted molar refractivity (Wildman–Crippen MR) is 235 cm³/mol. The molecule has 0 amide bonds. The van der Waals surface area contributed by atoms with E-state index >= 15 is 0 Å². The highest BCUT2D eigenvalue weighted by Gasteiger charge is 2.36. The average molecular weight is 858 g/mol. The van der Waals surface area contributed by atoms with E-state index in [1.807, 2.05) is 0 Å². The summed E-state index contributed by atoms with van der Waals surface area (Å²) in [6.07, 6.45) is 41.2. The monoisotopic (exact) mass is 858 g/mol. The van der Waals surface area contributed by atoms with Crippen molar-refractivity contribution in [3.63, 3.8) is 0 Å². The van der Waals surface area contributed by atoms with E-state index in [1.54, 1.807) is 0 Å². The predicted octanol–water partition coefficient (Wildman–Crippen LogP) is 11.6. The third-order valence-electron chi connectivity index (χ3n) is 10.6. The molecular formula is C46H84NO11P. The second kappa shape index (κ2) is 37.7. The Morgan fingerprint density at radius 1 is 0.610 bits per heavy atom. The Morgan fingerprint density at radius 2 is 1.07 bits per heavy atom. The molecule has 1 heterocycles. The summed E-state index contributed by atoms with van der Waals surface area (Å²) in [6, 6.07) is -1.52. The first-order valence-electron chi connectivity index (χ1n) is 23.5. The van der Waals surface area contributed by atoms with Crippen molar-refractivity contribution in [3.8, 4) is 0 Å². The molecule has 4 N–H and O–H groups in total. The molecule has 59 heavy (non-hydrogen) atoms. The van der Waals surface area contributed by atoms with E-state index in [2.05, 4.69) is 42.7 Å². The number of aliphatic carboxylic acids is 1. The minimum absolute atomic E-state index is 0.155. The number of ether oxygens (including phenoxy) is 3. The highest BCUT2D eigenvalue weighted by molar-refractivity contribution is 7.47. The van der Waals surface area contributed by atoms with Crippen molar-refractivity contribution < 1.29 is 52.2 Å². The standard InChI is InChI=1S/C46H84NO11P/c1-3-5-7-8-9-10-11-12-13-14-15-16-17-18-19-20-25-28-32-36-45(49)57-40(38-55-59(52,53)56-39-41(47)46(50)51)37-54-44(48)35-31-27-24-22-21-23-26-30-34-43-42(58-43)33-29-6-4-2/h12-13,26,30,40-43H,3-11,14-25,27-29,31-39,47H2,1-2H3,(H,50,51)(H,52,53)/b13-12-,30-26-/t40-,41+,42?,43?/m1/s1. The summed E-state index contributed by atoms with van der Waals surface area (Å²) < 4.78 is 38.5. The van der Waals surface area contributed by atoms with Crippen LogP contribution in [0.15, 0.2) is 24.3 Å². The second-order valence-corrected chi connectivity index (χ2v) is 17.7. The zero-order valence-electron chi connectivity index (χ0n) is 37.0. The first-order valence-corrected chi connectivity index (χ1v) is 25.0. The second-order valence-electron chi connectivity index (χ2n) is 16.3. The minimum atomic E-state index is -4.72. The van der Waals surface area contributed by atoms with E-state index in [9.17, 15) is 23.8 Å². The smallest absolute Gasteiger partial charge is 0.472 e. The molecular weight excluding hydrogens is 773 g/mol. The number of nitrogens with two attached hydrogens (primary N) is 1. The number of esters is 2. The van der Waals surface area contributed by atoms with Crippen LogP contribution in [0.25, 0.3) is 0 Å². The molecule has 5 atom stereocenters. The first-order chi connectivity index (χ1) is 28.6. The lowest BCUT2D eigenvalue weighted by Gasteiger charge is -2.20. The summed E-state index contributed by atoms with van der Waals surface area (Å²) in [4.78, 5) is 46.1. The van der Waals surface area contributed by atoms with Gasteiger partial charge in [0.2, 0.25) is 0 Å². The number of rotatable bonds is 43. The summed E-state index contributed by atoms with van der Waals surface area (Å²) in [5.41, 5.74) is 5.34. The van der Waals surface area contributed by atoms with Gasteiger partial charge in [-0.2, -0.15) is 0 Å². The summed E-state index contributed by atoms with van der Waals surface area (Å²) >= 11 is 0. The van der Waals surface area contributed by atoms with Crippen LogP contribution in [0.5, 0.6) is 0 Å². The van der Waals surface area contributed by atoms with Gasteiger partial charge in [-0.25, -0.2) is 4.57 Å². The molecule has 0 aliphatic carbocycles. The molecule has 1 aliphatic heterocycles. The van der Waals surface area contributed by atoms with Crippen LogP contribution in [-0.2, 0) is 42.2 Å². The third-order valence-corrected chi connectivity index (χ3v) is 11.5. The number of carbonyl (C=O) groups excluding carboxylic acids is 2. The molecule has 1 aliphatic rings. The molecule has 13 heteroatoms. The molecule has 344 valence electrons. The number of carboxylic acid groups (broad SMARTS) is 1. The van der Waals surface area contributed by atoms with Gasteiger partial charge in [0.25, 0.3) is 0 Å².